The fourth-order valence-corrected chi connectivity index (χ4v) is 7.05. The molecule has 0 spiro atoms. The average Bonchev–Trinajstić information content (AvgIpc) is 3.55. The van der Waals surface area contributed by atoms with Crippen molar-refractivity contribution in [2.24, 2.45) is 0 Å². The number of nitrogens with zero attached hydrogens (tertiary/aromatic N) is 3. The van der Waals surface area contributed by atoms with Crippen LogP contribution in [0.1, 0.15) is 27.8 Å². The van der Waals surface area contributed by atoms with E-state index in [2.05, 4.69) is 63.7 Å². The van der Waals surface area contributed by atoms with Gasteiger partial charge in [0.15, 0.2) is 0 Å². The van der Waals surface area contributed by atoms with Gasteiger partial charge in [0.05, 0.1) is 44.6 Å². The summed E-state index contributed by atoms with van der Waals surface area (Å²) in [5.41, 5.74) is 8.23. The number of para-hydroxylation sites is 2. The molecule has 0 fully saturated rings. The summed E-state index contributed by atoms with van der Waals surface area (Å²) in [6.45, 7) is 5.73. The van der Waals surface area contributed by atoms with E-state index >= 15 is 0 Å². The first-order valence-corrected chi connectivity index (χ1v) is 15.4. The number of aromatic nitrogens is 2. The summed E-state index contributed by atoms with van der Waals surface area (Å²) in [6.07, 6.45) is -4.52. The van der Waals surface area contributed by atoms with Gasteiger partial charge in [-0.15, -0.1) is 0 Å². The SMILES string of the molecule is Cc1cc(-c2cc(-n3c4ccccc4c4ccc(C)cc43)c(C#N)cc2-n2c3ccccc3c3ccc(C)cc32)cc(C(F)(F)F)c1. The quantitative estimate of drug-likeness (QED) is 0.194. The third kappa shape index (κ3) is 4.50. The molecule has 0 aliphatic rings. The maximum absolute atomic E-state index is 14.3. The summed E-state index contributed by atoms with van der Waals surface area (Å²) in [7, 11) is 0. The molecule has 0 N–H and O–H groups in total. The van der Waals surface area contributed by atoms with E-state index in [0.29, 0.717) is 33.6 Å². The number of fused-ring (bicyclic) bond motifs is 6. The number of benzene rings is 6. The molecule has 0 unspecified atom stereocenters. The van der Waals surface area contributed by atoms with Crippen molar-refractivity contribution in [3.05, 3.63) is 143 Å². The first-order chi connectivity index (χ1) is 22.6. The number of hydrogen-bond acceptors (Lipinski definition) is 1. The minimum absolute atomic E-state index is 0.412. The molecular weight excluding hydrogens is 591 g/mol. The monoisotopic (exact) mass is 619 g/mol. The molecule has 228 valence electrons. The number of rotatable bonds is 3. The Bertz CT molecular complexity index is 2610. The zero-order valence-corrected chi connectivity index (χ0v) is 25.9. The van der Waals surface area contributed by atoms with Crippen LogP contribution in [0.15, 0.2) is 115 Å². The van der Waals surface area contributed by atoms with Crippen molar-refractivity contribution >= 4 is 43.6 Å². The Morgan fingerprint density at radius 3 is 1.62 bits per heavy atom. The zero-order valence-electron chi connectivity index (χ0n) is 25.9. The Labute approximate surface area is 269 Å². The zero-order chi connectivity index (χ0) is 32.6. The van der Waals surface area contributed by atoms with Crippen molar-refractivity contribution in [1.29, 1.82) is 5.26 Å². The van der Waals surface area contributed by atoms with E-state index in [0.717, 1.165) is 54.7 Å². The maximum Gasteiger partial charge on any atom is 0.416 e. The molecule has 0 aliphatic heterocycles. The molecule has 6 heteroatoms. The first kappa shape index (κ1) is 28.7. The van der Waals surface area contributed by atoms with Crippen LogP contribution >= 0.6 is 0 Å². The third-order valence-electron chi connectivity index (χ3n) is 9.09. The summed E-state index contributed by atoms with van der Waals surface area (Å²) in [5, 5.41) is 14.9. The van der Waals surface area contributed by atoms with Crippen LogP contribution in [-0.2, 0) is 6.18 Å². The lowest BCUT2D eigenvalue weighted by Crippen LogP contribution is -2.07. The van der Waals surface area contributed by atoms with Crippen molar-refractivity contribution in [3.8, 4) is 28.6 Å². The van der Waals surface area contributed by atoms with Crippen LogP contribution in [0.3, 0.4) is 0 Å². The lowest BCUT2D eigenvalue weighted by Gasteiger charge is -2.20. The topological polar surface area (TPSA) is 33.6 Å². The Morgan fingerprint density at radius 2 is 1.06 bits per heavy atom. The number of hydrogen-bond donors (Lipinski definition) is 0. The molecule has 2 aromatic heterocycles. The average molecular weight is 620 g/mol. The van der Waals surface area contributed by atoms with Gasteiger partial charge in [-0.25, -0.2) is 0 Å². The molecule has 0 atom stereocenters. The molecule has 8 aromatic rings. The van der Waals surface area contributed by atoms with Gasteiger partial charge in [-0.05, 0) is 91.6 Å². The van der Waals surface area contributed by atoms with Crippen LogP contribution in [0.4, 0.5) is 13.2 Å². The van der Waals surface area contributed by atoms with E-state index in [1.165, 1.54) is 12.1 Å². The van der Waals surface area contributed by atoms with Crippen molar-refractivity contribution < 1.29 is 13.2 Å². The highest BCUT2D eigenvalue weighted by atomic mass is 19.4. The summed E-state index contributed by atoms with van der Waals surface area (Å²) in [5.74, 6) is 0. The van der Waals surface area contributed by atoms with Gasteiger partial charge >= 0.3 is 6.18 Å². The number of nitriles is 1. The van der Waals surface area contributed by atoms with Crippen molar-refractivity contribution in [1.82, 2.24) is 9.13 Å². The predicted octanol–water partition coefficient (Wildman–Crippen LogP) is 11.4. The van der Waals surface area contributed by atoms with Gasteiger partial charge in [0, 0.05) is 27.1 Å². The minimum atomic E-state index is -4.52. The Kier molecular flexibility index (Phi) is 6.32. The lowest BCUT2D eigenvalue weighted by molar-refractivity contribution is -0.137. The molecule has 0 saturated carbocycles. The second-order valence-electron chi connectivity index (χ2n) is 12.3. The molecule has 6 aromatic carbocycles. The van der Waals surface area contributed by atoms with Gasteiger partial charge in [0.2, 0.25) is 0 Å². The van der Waals surface area contributed by atoms with Crippen molar-refractivity contribution in [3.63, 3.8) is 0 Å². The molecule has 0 saturated heterocycles. The maximum atomic E-state index is 14.3. The largest absolute Gasteiger partial charge is 0.416 e. The number of halogens is 3. The van der Waals surface area contributed by atoms with Gasteiger partial charge in [-0.2, -0.15) is 18.4 Å². The van der Waals surface area contributed by atoms with Crippen molar-refractivity contribution in [2.45, 2.75) is 26.9 Å². The molecule has 3 nitrogen and oxygen atoms in total. The van der Waals surface area contributed by atoms with E-state index in [1.807, 2.05) is 62.4 Å². The second kappa shape index (κ2) is 10.4. The number of aryl methyl sites for hydroxylation is 3. The van der Waals surface area contributed by atoms with Gasteiger partial charge in [-0.1, -0.05) is 66.7 Å². The highest BCUT2D eigenvalue weighted by Gasteiger charge is 2.31. The van der Waals surface area contributed by atoms with E-state index < -0.39 is 11.7 Å². The fourth-order valence-electron chi connectivity index (χ4n) is 7.05. The van der Waals surface area contributed by atoms with Gasteiger partial charge < -0.3 is 9.13 Å². The van der Waals surface area contributed by atoms with E-state index in [9.17, 15) is 18.4 Å². The molecule has 8 rings (SSSR count). The standard InChI is InChI=1S/C41H28F3N3/c1-24-12-14-32-30-8-4-6-10-35(30)46(38(32)18-24)37-22-34(27-16-26(3)17-29(20-27)41(42,43)44)40(21-28(37)23-45)47-36-11-7-5-9-31(36)33-15-13-25(2)19-39(33)47/h4-22H,1-3H3. The highest BCUT2D eigenvalue weighted by molar-refractivity contribution is 6.11. The van der Waals surface area contributed by atoms with Crippen LogP contribution in [0.5, 0.6) is 0 Å². The normalized spacial score (nSPS) is 12.0. The summed E-state index contributed by atoms with van der Waals surface area (Å²) in [4.78, 5) is 0. The smallest absolute Gasteiger partial charge is 0.309 e. The highest BCUT2D eigenvalue weighted by Crippen LogP contribution is 2.42. The van der Waals surface area contributed by atoms with Gasteiger partial charge in [-0.3, -0.25) is 0 Å². The van der Waals surface area contributed by atoms with Crippen LogP contribution < -0.4 is 0 Å². The van der Waals surface area contributed by atoms with E-state index in [-0.39, 0.29) is 0 Å². The first-order valence-electron chi connectivity index (χ1n) is 15.4. The molecule has 0 bridgehead atoms. The molecule has 0 aliphatic carbocycles. The van der Waals surface area contributed by atoms with Crippen molar-refractivity contribution in [2.75, 3.05) is 0 Å². The van der Waals surface area contributed by atoms with E-state index in [1.54, 1.807) is 13.0 Å². The second-order valence-corrected chi connectivity index (χ2v) is 12.3. The molecular formula is C41H28F3N3. The lowest BCUT2D eigenvalue weighted by atomic mass is 9.96. The molecule has 0 radical (unpaired) electrons. The fraction of sp³-hybridized carbons (Fsp3) is 0.0976. The van der Waals surface area contributed by atoms with E-state index in [4.69, 9.17) is 0 Å². The molecule has 47 heavy (non-hydrogen) atoms. The third-order valence-corrected chi connectivity index (χ3v) is 9.09. The van der Waals surface area contributed by atoms with Crippen LogP contribution in [0, 0.1) is 32.1 Å². The molecule has 0 amide bonds. The minimum Gasteiger partial charge on any atom is -0.309 e. The summed E-state index contributed by atoms with van der Waals surface area (Å²) >= 11 is 0. The summed E-state index contributed by atoms with van der Waals surface area (Å²) in [6, 6.07) is 38.9. The Morgan fingerprint density at radius 1 is 0.532 bits per heavy atom. The van der Waals surface area contributed by atoms with Gasteiger partial charge in [0.25, 0.3) is 0 Å². The van der Waals surface area contributed by atoms with Crippen LogP contribution in [0.2, 0.25) is 0 Å². The number of alkyl halides is 3. The van der Waals surface area contributed by atoms with Crippen LogP contribution in [-0.4, -0.2) is 9.13 Å². The Balaban J connectivity index is 1.56. The van der Waals surface area contributed by atoms with Gasteiger partial charge in [0.1, 0.15) is 6.07 Å². The summed E-state index contributed by atoms with van der Waals surface area (Å²) < 4.78 is 46.9. The molecule has 2 heterocycles. The van der Waals surface area contributed by atoms with Crippen LogP contribution in [0.25, 0.3) is 66.1 Å². The Hall–Kier alpha value is -5.80. The predicted molar refractivity (Wildman–Crippen MR) is 184 cm³/mol.